The lowest BCUT2D eigenvalue weighted by atomic mass is 10.3. The van der Waals surface area contributed by atoms with Gasteiger partial charge in [0, 0.05) is 12.5 Å². The van der Waals surface area contributed by atoms with E-state index in [1.807, 2.05) is 0 Å². The zero-order valence-electron chi connectivity index (χ0n) is 9.15. The molecule has 0 bridgehead atoms. The molecular formula is C9H13F2N3O2S. The monoisotopic (exact) mass is 265 g/mol. The fourth-order valence-electron chi connectivity index (χ4n) is 1.11. The molecule has 1 aromatic heterocycles. The molecule has 0 spiro atoms. The lowest BCUT2D eigenvalue weighted by Gasteiger charge is -2.16. The molecule has 0 saturated carbocycles. The zero-order valence-corrected chi connectivity index (χ0v) is 9.97. The van der Waals surface area contributed by atoms with Gasteiger partial charge in [-0.15, -0.1) is 0 Å². The summed E-state index contributed by atoms with van der Waals surface area (Å²) < 4.78 is 48.5. The Balaban J connectivity index is 2.93. The first kappa shape index (κ1) is 13.8. The van der Waals surface area contributed by atoms with Crippen LogP contribution in [-0.2, 0) is 9.84 Å². The number of sulfone groups is 1. The van der Waals surface area contributed by atoms with Gasteiger partial charge >= 0.3 is 0 Å². The van der Waals surface area contributed by atoms with Gasteiger partial charge in [0.2, 0.25) is 0 Å². The molecule has 0 aromatic carbocycles. The number of hydrogen-bond donors (Lipinski definition) is 2. The van der Waals surface area contributed by atoms with Crippen molar-refractivity contribution < 1.29 is 17.2 Å². The second-order valence-corrected chi connectivity index (χ2v) is 5.52. The van der Waals surface area contributed by atoms with Crippen molar-refractivity contribution in [3.8, 4) is 0 Å². The Hall–Kier alpha value is -1.28. The van der Waals surface area contributed by atoms with Crippen LogP contribution < -0.4 is 11.1 Å². The summed E-state index contributed by atoms with van der Waals surface area (Å²) in [6.45, 7) is -1.58. The summed E-state index contributed by atoms with van der Waals surface area (Å²) >= 11 is 0. The number of halogens is 2. The van der Waals surface area contributed by atoms with Crippen molar-refractivity contribution in [1.82, 2.24) is 4.98 Å². The molecule has 1 rings (SSSR count). The number of nitrogens with two attached hydrogens (primary N) is 1. The van der Waals surface area contributed by atoms with Gasteiger partial charge in [-0.25, -0.2) is 22.2 Å². The largest absolute Gasteiger partial charge is 0.363 e. The van der Waals surface area contributed by atoms with Gasteiger partial charge in [-0.2, -0.15) is 0 Å². The minimum absolute atomic E-state index is 0.0943. The number of anilines is 1. The van der Waals surface area contributed by atoms with E-state index < -0.39 is 28.8 Å². The maximum atomic E-state index is 12.9. The van der Waals surface area contributed by atoms with Gasteiger partial charge in [0.1, 0.15) is 10.7 Å². The summed E-state index contributed by atoms with van der Waals surface area (Å²) in [5.74, 6) is -3.20. The predicted octanol–water partition coefficient (Wildman–Crippen LogP) is 0.491. The minimum atomic E-state index is -3.51. The third-order valence-corrected chi connectivity index (χ3v) is 3.11. The Morgan fingerprint density at radius 1 is 1.53 bits per heavy atom. The van der Waals surface area contributed by atoms with Crippen molar-refractivity contribution >= 4 is 15.7 Å². The molecular weight excluding hydrogens is 252 g/mol. The van der Waals surface area contributed by atoms with Crippen molar-refractivity contribution in [3.05, 3.63) is 18.3 Å². The maximum Gasteiger partial charge on any atom is 0.276 e. The molecule has 1 heterocycles. The SMILES string of the molecule is CS(=O)(=O)c1cccnc1NCC(F)(F)CN. The van der Waals surface area contributed by atoms with Crippen LogP contribution in [0.1, 0.15) is 0 Å². The molecule has 0 aliphatic carbocycles. The molecule has 0 aliphatic heterocycles. The third-order valence-electron chi connectivity index (χ3n) is 1.98. The van der Waals surface area contributed by atoms with Crippen molar-refractivity contribution in [2.45, 2.75) is 10.8 Å². The second-order valence-electron chi connectivity index (χ2n) is 3.54. The highest BCUT2D eigenvalue weighted by atomic mass is 32.2. The van der Waals surface area contributed by atoms with Gasteiger partial charge in [0.05, 0.1) is 13.1 Å². The second kappa shape index (κ2) is 4.92. The molecule has 5 nitrogen and oxygen atoms in total. The van der Waals surface area contributed by atoms with Gasteiger partial charge in [-0.3, -0.25) is 0 Å². The van der Waals surface area contributed by atoms with E-state index in [-0.39, 0.29) is 10.7 Å². The Morgan fingerprint density at radius 2 is 2.18 bits per heavy atom. The minimum Gasteiger partial charge on any atom is -0.363 e. The molecule has 1 aromatic rings. The molecule has 0 fully saturated rings. The molecule has 3 N–H and O–H groups in total. The topological polar surface area (TPSA) is 85.1 Å². The van der Waals surface area contributed by atoms with E-state index >= 15 is 0 Å². The number of nitrogens with zero attached hydrogens (tertiary/aromatic N) is 1. The third kappa shape index (κ3) is 3.90. The molecule has 0 atom stereocenters. The fourth-order valence-corrected chi connectivity index (χ4v) is 1.91. The highest BCUT2D eigenvalue weighted by molar-refractivity contribution is 7.90. The summed E-state index contributed by atoms with van der Waals surface area (Å²) in [4.78, 5) is 3.60. The molecule has 96 valence electrons. The number of alkyl halides is 2. The molecule has 0 radical (unpaired) electrons. The van der Waals surface area contributed by atoms with Crippen LogP contribution in [0, 0.1) is 0 Å². The lowest BCUT2D eigenvalue weighted by molar-refractivity contribution is 0.0252. The summed E-state index contributed by atoms with van der Waals surface area (Å²) in [6.07, 6.45) is 2.30. The number of aromatic nitrogens is 1. The first-order chi connectivity index (χ1) is 7.76. The summed E-state index contributed by atoms with van der Waals surface area (Å²) in [5.41, 5.74) is 4.87. The van der Waals surface area contributed by atoms with Gasteiger partial charge < -0.3 is 11.1 Å². The van der Waals surface area contributed by atoms with Gasteiger partial charge in [-0.1, -0.05) is 0 Å². The molecule has 0 aliphatic rings. The molecule has 17 heavy (non-hydrogen) atoms. The molecule has 8 heteroatoms. The number of nitrogens with one attached hydrogen (secondary N) is 1. The average Bonchev–Trinajstić information content (AvgIpc) is 2.26. The smallest absolute Gasteiger partial charge is 0.276 e. The molecule has 0 amide bonds. The van der Waals surface area contributed by atoms with Crippen LogP contribution >= 0.6 is 0 Å². The number of rotatable bonds is 5. The van der Waals surface area contributed by atoms with Gasteiger partial charge in [0.25, 0.3) is 5.92 Å². The van der Waals surface area contributed by atoms with E-state index in [4.69, 9.17) is 5.73 Å². The van der Waals surface area contributed by atoms with Crippen molar-refractivity contribution in [1.29, 1.82) is 0 Å². The standard InChI is InChI=1S/C9H13F2N3O2S/c1-17(15,16)7-3-2-4-13-8(7)14-6-9(10,11)5-12/h2-4H,5-6,12H2,1H3,(H,13,14). The van der Waals surface area contributed by atoms with Gasteiger partial charge in [0.15, 0.2) is 9.84 Å². The van der Waals surface area contributed by atoms with E-state index in [9.17, 15) is 17.2 Å². The highest BCUT2D eigenvalue weighted by Crippen LogP contribution is 2.19. The van der Waals surface area contributed by atoms with Crippen molar-refractivity contribution in [2.75, 3.05) is 24.7 Å². The summed E-state index contributed by atoms with van der Waals surface area (Å²) in [7, 11) is -3.51. The van der Waals surface area contributed by atoms with Gasteiger partial charge in [-0.05, 0) is 12.1 Å². The Kier molecular flexibility index (Phi) is 3.99. The zero-order chi connectivity index (χ0) is 13.1. The Morgan fingerprint density at radius 3 is 2.71 bits per heavy atom. The average molecular weight is 265 g/mol. The van der Waals surface area contributed by atoms with Crippen LogP contribution in [0.4, 0.5) is 14.6 Å². The van der Waals surface area contributed by atoms with E-state index in [1.165, 1.54) is 18.3 Å². The summed E-state index contributed by atoms with van der Waals surface area (Å²) in [5, 5.41) is 2.29. The van der Waals surface area contributed by atoms with E-state index in [2.05, 4.69) is 10.3 Å². The van der Waals surface area contributed by atoms with E-state index in [1.54, 1.807) is 0 Å². The van der Waals surface area contributed by atoms with Crippen molar-refractivity contribution in [2.24, 2.45) is 5.73 Å². The first-order valence-corrected chi connectivity index (χ1v) is 6.62. The molecule has 0 saturated heterocycles. The Bertz CT molecular complexity index is 491. The number of pyridine rings is 1. The normalized spacial score (nSPS) is 12.5. The van der Waals surface area contributed by atoms with Crippen LogP contribution in [0.25, 0.3) is 0 Å². The first-order valence-electron chi connectivity index (χ1n) is 4.73. The predicted molar refractivity (Wildman–Crippen MR) is 59.8 cm³/mol. The van der Waals surface area contributed by atoms with Crippen LogP contribution in [0.15, 0.2) is 23.2 Å². The highest BCUT2D eigenvalue weighted by Gasteiger charge is 2.27. The van der Waals surface area contributed by atoms with Crippen LogP contribution in [0.2, 0.25) is 0 Å². The van der Waals surface area contributed by atoms with Crippen LogP contribution in [-0.4, -0.2) is 38.7 Å². The van der Waals surface area contributed by atoms with Crippen LogP contribution in [0.3, 0.4) is 0 Å². The Labute approximate surface area is 98.0 Å². The fraction of sp³-hybridized carbons (Fsp3) is 0.444. The van der Waals surface area contributed by atoms with Crippen molar-refractivity contribution in [3.63, 3.8) is 0 Å². The quantitative estimate of drug-likeness (QED) is 0.809. The molecule has 0 unspecified atom stereocenters. The van der Waals surface area contributed by atoms with E-state index in [0.717, 1.165) is 6.26 Å². The number of hydrogen-bond acceptors (Lipinski definition) is 5. The lowest BCUT2D eigenvalue weighted by Crippen LogP contribution is -2.35. The van der Waals surface area contributed by atoms with Crippen LogP contribution in [0.5, 0.6) is 0 Å². The summed E-state index contributed by atoms with van der Waals surface area (Å²) in [6, 6.07) is 2.72. The van der Waals surface area contributed by atoms with E-state index in [0.29, 0.717) is 0 Å². The maximum absolute atomic E-state index is 12.9.